The third kappa shape index (κ3) is 5.14. The Hall–Kier alpha value is -1.15. The highest BCUT2D eigenvalue weighted by Gasteiger charge is 1.98. The first-order chi connectivity index (χ1) is 7.99. The molecule has 0 spiro atoms. The van der Waals surface area contributed by atoms with Crippen molar-refractivity contribution in [2.24, 2.45) is 5.92 Å². The molecule has 1 rings (SSSR count). The summed E-state index contributed by atoms with van der Waals surface area (Å²) in [5.74, 6) is 0.515. The molecule has 0 unspecified atom stereocenters. The molecule has 1 N–H and O–H groups in total. The van der Waals surface area contributed by atoms with E-state index < -0.39 is 0 Å². The Balaban J connectivity index is 2.58. The van der Waals surface area contributed by atoms with E-state index in [1.807, 2.05) is 18.2 Å². The molecule has 0 atom stereocenters. The van der Waals surface area contributed by atoms with Gasteiger partial charge in [-0.25, -0.2) is 4.39 Å². The van der Waals surface area contributed by atoms with E-state index in [9.17, 15) is 4.39 Å². The van der Waals surface area contributed by atoms with Crippen LogP contribution in [0.25, 0.3) is 6.08 Å². The monoisotopic (exact) mass is 235 g/mol. The minimum absolute atomic E-state index is 0.137. The third-order valence-electron chi connectivity index (χ3n) is 2.57. The molecular formula is C15H22FN. The van der Waals surface area contributed by atoms with Gasteiger partial charge in [0, 0.05) is 6.54 Å². The molecule has 0 saturated heterocycles. The predicted octanol–water partition coefficient (Wildman–Crippen LogP) is 3.78. The van der Waals surface area contributed by atoms with Crippen molar-refractivity contribution in [3.63, 3.8) is 0 Å². The van der Waals surface area contributed by atoms with Crippen molar-refractivity contribution < 1.29 is 4.39 Å². The summed E-state index contributed by atoms with van der Waals surface area (Å²) >= 11 is 0. The second kappa shape index (κ2) is 6.55. The van der Waals surface area contributed by atoms with Crippen molar-refractivity contribution in [3.05, 3.63) is 40.7 Å². The number of aryl methyl sites for hydroxylation is 1. The maximum absolute atomic E-state index is 13.3. The van der Waals surface area contributed by atoms with Crippen molar-refractivity contribution in [2.75, 3.05) is 13.1 Å². The Labute approximate surface area is 104 Å². The zero-order valence-electron chi connectivity index (χ0n) is 11.2. The average Bonchev–Trinajstić information content (AvgIpc) is 2.23. The maximum Gasteiger partial charge on any atom is 0.126 e. The number of benzene rings is 1. The van der Waals surface area contributed by atoms with Gasteiger partial charge in [-0.2, -0.15) is 0 Å². The number of rotatable bonds is 5. The molecule has 1 aromatic rings. The van der Waals surface area contributed by atoms with Crippen LogP contribution in [0.1, 0.15) is 31.9 Å². The molecule has 0 saturated carbocycles. The Bertz CT molecular complexity index is 394. The van der Waals surface area contributed by atoms with Crippen LogP contribution in [0.5, 0.6) is 0 Å². The first-order valence-corrected chi connectivity index (χ1v) is 6.13. The van der Waals surface area contributed by atoms with Crippen molar-refractivity contribution in [3.8, 4) is 0 Å². The molecule has 0 aliphatic carbocycles. The van der Waals surface area contributed by atoms with E-state index in [1.165, 1.54) is 5.57 Å². The summed E-state index contributed by atoms with van der Waals surface area (Å²) in [6, 6.07) is 5.35. The van der Waals surface area contributed by atoms with Gasteiger partial charge in [0.2, 0.25) is 0 Å². The molecule has 0 bridgehead atoms. The van der Waals surface area contributed by atoms with Gasteiger partial charge in [0.1, 0.15) is 5.82 Å². The van der Waals surface area contributed by atoms with Crippen LogP contribution >= 0.6 is 0 Å². The summed E-state index contributed by atoms with van der Waals surface area (Å²) in [5.41, 5.74) is 2.84. The van der Waals surface area contributed by atoms with Crippen LogP contribution in [0, 0.1) is 18.7 Å². The Morgan fingerprint density at radius 3 is 2.71 bits per heavy atom. The van der Waals surface area contributed by atoms with Crippen LogP contribution in [0.4, 0.5) is 4.39 Å². The summed E-state index contributed by atoms with van der Waals surface area (Å²) in [6.45, 7) is 10.1. The van der Waals surface area contributed by atoms with Crippen molar-refractivity contribution in [1.29, 1.82) is 0 Å². The fourth-order valence-electron chi connectivity index (χ4n) is 1.59. The Kier molecular flexibility index (Phi) is 5.36. The second-order valence-electron chi connectivity index (χ2n) is 5.02. The Morgan fingerprint density at radius 2 is 2.12 bits per heavy atom. The van der Waals surface area contributed by atoms with Crippen molar-refractivity contribution in [2.45, 2.75) is 27.7 Å². The van der Waals surface area contributed by atoms with Gasteiger partial charge in [-0.15, -0.1) is 0 Å². The van der Waals surface area contributed by atoms with Gasteiger partial charge in [-0.3, -0.25) is 0 Å². The predicted molar refractivity (Wildman–Crippen MR) is 72.5 cm³/mol. The van der Waals surface area contributed by atoms with Gasteiger partial charge in [0.25, 0.3) is 0 Å². The van der Waals surface area contributed by atoms with Crippen LogP contribution in [-0.2, 0) is 0 Å². The molecule has 0 amide bonds. The average molecular weight is 235 g/mol. The van der Waals surface area contributed by atoms with Crippen LogP contribution in [-0.4, -0.2) is 13.1 Å². The standard InChI is InChI=1S/C15H22FN/c1-11(2)9-17-10-12(3)7-14-6-5-13(4)15(16)8-14/h5-8,11,17H,9-10H2,1-4H3. The first-order valence-electron chi connectivity index (χ1n) is 6.13. The van der Waals surface area contributed by atoms with Gasteiger partial charge >= 0.3 is 0 Å². The highest BCUT2D eigenvalue weighted by atomic mass is 19.1. The number of hydrogen-bond donors (Lipinski definition) is 1. The van der Waals surface area contributed by atoms with E-state index in [-0.39, 0.29) is 5.82 Å². The molecule has 0 heterocycles. The lowest BCUT2D eigenvalue weighted by Gasteiger charge is -2.07. The van der Waals surface area contributed by atoms with E-state index in [4.69, 9.17) is 0 Å². The molecule has 0 aliphatic heterocycles. The fraction of sp³-hybridized carbons (Fsp3) is 0.467. The van der Waals surface area contributed by atoms with Gasteiger partial charge in [-0.05, 0) is 43.5 Å². The zero-order chi connectivity index (χ0) is 12.8. The summed E-state index contributed by atoms with van der Waals surface area (Å²) in [7, 11) is 0. The summed E-state index contributed by atoms with van der Waals surface area (Å²) in [5, 5.41) is 3.37. The molecule has 1 aromatic carbocycles. The highest BCUT2D eigenvalue weighted by molar-refractivity contribution is 5.53. The van der Waals surface area contributed by atoms with Crippen LogP contribution in [0.15, 0.2) is 23.8 Å². The minimum Gasteiger partial charge on any atom is -0.313 e. The molecule has 1 nitrogen and oxygen atoms in total. The van der Waals surface area contributed by atoms with Gasteiger partial charge in [-0.1, -0.05) is 37.6 Å². The van der Waals surface area contributed by atoms with Crippen LogP contribution in [0.3, 0.4) is 0 Å². The molecular weight excluding hydrogens is 213 g/mol. The first kappa shape index (κ1) is 13.9. The lowest BCUT2D eigenvalue weighted by molar-refractivity contribution is 0.572. The normalized spacial score (nSPS) is 12.2. The molecule has 94 valence electrons. The molecule has 0 fully saturated rings. The quantitative estimate of drug-likeness (QED) is 0.819. The molecule has 17 heavy (non-hydrogen) atoms. The van der Waals surface area contributed by atoms with Gasteiger partial charge in [0.15, 0.2) is 0 Å². The minimum atomic E-state index is -0.137. The molecule has 0 aromatic heterocycles. The summed E-state index contributed by atoms with van der Waals surface area (Å²) in [4.78, 5) is 0. The van der Waals surface area contributed by atoms with E-state index in [0.717, 1.165) is 18.7 Å². The van der Waals surface area contributed by atoms with E-state index in [2.05, 4.69) is 26.1 Å². The number of nitrogens with one attached hydrogen (secondary N) is 1. The highest BCUT2D eigenvalue weighted by Crippen LogP contribution is 2.12. The second-order valence-corrected chi connectivity index (χ2v) is 5.02. The maximum atomic E-state index is 13.3. The van der Waals surface area contributed by atoms with E-state index in [0.29, 0.717) is 11.5 Å². The third-order valence-corrected chi connectivity index (χ3v) is 2.57. The van der Waals surface area contributed by atoms with E-state index >= 15 is 0 Å². The zero-order valence-corrected chi connectivity index (χ0v) is 11.2. The molecule has 2 heteroatoms. The number of hydrogen-bond acceptors (Lipinski definition) is 1. The largest absolute Gasteiger partial charge is 0.313 e. The summed E-state index contributed by atoms with van der Waals surface area (Å²) in [6.07, 6.45) is 2.02. The van der Waals surface area contributed by atoms with Gasteiger partial charge in [0.05, 0.1) is 0 Å². The molecule has 0 aliphatic rings. The van der Waals surface area contributed by atoms with E-state index in [1.54, 1.807) is 13.0 Å². The number of halogens is 1. The lowest BCUT2D eigenvalue weighted by atomic mass is 10.1. The van der Waals surface area contributed by atoms with Crippen LogP contribution < -0.4 is 5.32 Å². The lowest BCUT2D eigenvalue weighted by Crippen LogP contribution is -2.21. The fourth-order valence-corrected chi connectivity index (χ4v) is 1.59. The smallest absolute Gasteiger partial charge is 0.126 e. The SMILES string of the molecule is CC(=Cc1ccc(C)c(F)c1)CNCC(C)C. The molecule has 0 radical (unpaired) electrons. The topological polar surface area (TPSA) is 12.0 Å². The van der Waals surface area contributed by atoms with Crippen LogP contribution in [0.2, 0.25) is 0 Å². The van der Waals surface area contributed by atoms with Crippen molar-refractivity contribution >= 4 is 6.08 Å². The Morgan fingerprint density at radius 1 is 1.41 bits per heavy atom. The summed E-state index contributed by atoms with van der Waals surface area (Å²) < 4.78 is 13.3. The van der Waals surface area contributed by atoms with Crippen molar-refractivity contribution in [1.82, 2.24) is 5.32 Å². The van der Waals surface area contributed by atoms with Gasteiger partial charge < -0.3 is 5.32 Å².